The van der Waals surface area contributed by atoms with E-state index in [0.717, 1.165) is 44.9 Å². The zero-order chi connectivity index (χ0) is 22.0. The van der Waals surface area contributed by atoms with Crippen LogP contribution in [0.1, 0.15) is 11.1 Å². The molecule has 1 amide bonds. The summed E-state index contributed by atoms with van der Waals surface area (Å²) in [5, 5.41) is 3.66. The monoisotopic (exact) mass is 428 g/mol. The van der Waals surface area contributed by atoms with Gasteiger partial charge in [-0.25, -0.2) is 4.98 Å². The summed E-state index contributed by atoms with van der Waals surface area (Å²) in [5.41, 5.74) is 5.54. The van der Waals surface area contributed by atoms with Crippen LogP contribution in [0.4, 0.5) is 11.4 Å². The SMILES string of the molecule is O=C1N(Cc2ccccc2)c2ccccc2C12Nc1ccccc1-c1nc3ccccc3n12. The summed E-state index contributed by atoms with van der Waals surface area (Å²) in [4.78, 5) is 21.3. The molecule has 1 aromatic heterocycles. The Hall–Kier alpha value is -4.38. The van der Waals surface area contributed by atoms with Crippen molar-refractivity contribution in [1.82, 2.24) is 9.55 Å². The quantitative estimate of drug-likeness (QED) is 0.411. The molecule has 5 aromatic rings. The highest BCUT2D eigenvalue weighted by Crippen LogP contribution is 2.50. The Morgan fingerprint density at radius 3 is 2.42 bits per heavy atom. The van der Waals surface area contributed by atoms with E-state index >= 15 is 0 Å². The summed E-state index contributed by atoms with van der Waals surface area (Å²) < 4.78 is 2.09. The van der Waals surface area contributed by atoms with Gasteiger partial charge in [0.2, 0.25) is 5.66 Å². The van der Waals surface area contributed by atoms with Crippen molar-refractivity contribution < 1.29 is 4.79 Å². The summed E-state index contributed by atoms with van der Waals surface area (Å²) >= 11 is 0. The molecule has 0 fully saturated rings. The van der Waals surface area contributed by atoms with Gasteiger partial charge in [-0.3, -0.25) is 9.36 Å². The number of aromatic nitrogens is 2. The molecule has 4 aromatic carbocycles. The number of hydrogen-bond acceptors (Lipinski definition) is 3. The van der Waals surface area contributed by atoms with Crippen LogP contribution in [0.15, 0.2) is 103 Å². The molecule has 0 bridgehead atoms. The number of hydrogen-bond donors (Lipinski definition) is 1. The predicted octanol–water partition coefficient (Wildman–Crippen LogP) is 5.38. The third-order valence-corrected chi connectivity index (χ3v) is 6.70. The van der Waals surface area contributed by atoms with Gasteiger partial charge in [0.25, 0.3) is 5.91 Å². The number of benzene rings is 4. The number of fused-ring (bicyclic) bond motifs is 8. The van der Waals surface area contributed by atoms with Gasteiger partial charge < -0.3 is 10.2 Å². The second-order valence-corrected chi connectivity index (χ2v) is 8.53. The Labute approximate surface area is 190 Å². The topological polar surface area (TPSA) is 50.2 Å². The standard InChI is InChI=1S/C28H20N4O/c33-27-28(21-13-5-8-16-24(21)31(27)18-19-10-2-1-3-11-19)30-22-14-6-4-12-20(22)26-29-23-15-7-9-17-25(23)32(26)28/h1-17,30H,18H2. The van der Waals surface area contributed by atoms with Crippen LogP contribution in [0.3, 0.4) is 0 Å². The van der Waals surface area contributed by atoms with Crippen LogP contribution < -0.4 is 10.2 Å². The first kappa shape index (κ1) is 18.2. The molecule has 5 heteroatoms. The fourth-order valence-electron chi connectivity index (χ4n) is 5.28. The summed E-state index contributed by atoms with van der Waals surface area (Å²) in [6.45, 7) is 0.504. The van der Waals surface area contributed by atoms with Gasteiger partial charge in [0.05, 0.1) is 23.3 Å². The number of carbonyl (C=O) groups is 1. The number of nitrogens with zero attached hydrogens (tertiary/aromatic N) is 3. The van der Waals surface area contributed by atoms with E-state index in [0.29, 0.717) is 6.54 Å². The van der Waals surface area contributed by atoms with Crippen LogP contribution in [0.25, 0.3) is 22.4 Å². The van der Waals surface area contributed by atoms with E-state index in [9.17, 15) is 4.79 Å². The van der Waals surface area contributed by atoms with Crippen molar-refractivity contribution in [2.24, 2.45) is 0 Å². The number of imidazole rings is 1. The molecule has 3 heterocycles. The fraction of sp³-hybridized carbons (Fsp3) is 0.0714. The minimum absolute atomic E-state index is 0.00791. The highest BCUT2D eigenvalue weighted by Gasteiger charge is 2.56. The van der Waals surface area contributed by atoms with Gasteiger partial charge in [-0.1, -0.05) is 72.8 Å². The third-order valence-electron chi connectivity index (χ3n) is 6.70. The first-order valence-electron chi connectivity index (χ1n) is 11.1. The Kier molecular flexibility index (Phi) is 3.62. The number of anilines is 2. The van der Waals surface area contributed by atoms with E-state index < -0.39 is 5.66 Å². The van der Waals surface area contributed by atoms with Crippen molar-refractivity contribution in [3.63, 3.8) is 0 Å². The van der Waals surface area contributed by atoms with E-state index in [1.807, 2.05) is 83.8 Å². The molecule has 158 valence electrons. The van der Waals surface area contributed by atoms with E-state index in [-0.39, 0.29) is 5.91 Å². The van der Waals surface area contributed by atoms with Crippen LogP contribution in [-0.4, -0.2) is 15.5 Å². The molecule has 1 spiro atoms. The van der Waals surface area contributed by atoms with E-state index in [1.165, 1.54) is 0 Å². The smallest absolute Gasteiger partial charge is 0.279 e. The third kappa shape index (κ3) is 2.36. The maximum Gasteiger partial charge on any atom is 0.279 e. The van der Waals surface area contributed by atoms with Crippen molar-refractivity contribution in [3.05, 3.63) is 114 Å². The first-order chi connectivity index (χ1) is 16.3. The van der Waals surface area contributed by atoms with Gasteiger partial charge in [0, 0.05) is 16.8 Å². The van der Waals surface area contributed by atoms with Crippen molar-refractivity contribution in [2.75, 3.05) is 10.2 Å². The molecule has 0 aliphatic carbocycles. The predicted molar refractivity (Wildman–Crippen MR) is 130 cm³/mol. The van der Waals surface area contributed by atoms with Gasteiger partial charge in [-0.05, 0) is 35.9 Å². The molecule has 1 N–H and O–H groups in total. The van der Waals surface area contributed by atoms with E-state index in [2.05, 4.69) is 34.1 Å². The summed E-state index contributed by atoms with van der Waals surface area (Å²) in [7, 11) is 0. The Morgan fingerprint density at radius 2 is 1.52 bits per heavy atom. The van der Waals surface area contributed by atoms with Gasteiger partial charge in [-0.2, -0.15) is 0 Å². The Bertz CT molecular complexity index is 1560. The van der Waals surface area contributed by atoms with Crippen molar-refractivity contribution >= 4 is 28.3 Å². The molecular formula is C28H20N4O. The molecule has 0 saturated heterocycles. The normalized spacial score (nSPS) is 18.2. The highest BCUT2D eigenvalue weighted by molar-refractivity contribution is 6.12. The molecule has 5 nitrogen and oxygen atoms in total. The van der Waals surface area contributed by atoms with Gasteiger partial charge in [0.15, 0.2) is 0 Å². The summed E-state index contributed by atoms with van der Waals surface area (Å²) in [6.07, 6.45) is 0. The Balaban J connectivity index is 1.53. The minimum atomic E-state index is -1.11. The van der Waals surface area contributed by atoms with Crippen LogP contribution in [-0.2, 0) is 17.0 Å². The molecule has 33 heavy (non-hydrogen) atoms. The van der Waals surface area contributed by atoms with Crippen LogP contribution in [0.5, 0.6) is 0 Å². The van der Waals surface area contributed by atoms with Crippen molar-refractivity contribution in [3.8, 4) is 11.4 Å². The molecule has 1 unspecified atom stereocenters. The summed E-state index contributed by atoms with van der Waals surface area (Å²) in [5.74, 6) is 0.793. The average molecular weight is 428 g/mol. The molecular weight excluding hydrogens is 408 g/mol. The number of rotatable bonds is 2. The lowest BCUT2D eigenvalue weighted by Crippen LogP contribution is -2.53. The Morgan fingerprint density at radius 1 is 0.788 bits per heavy atom. The molecule has 2 aliphatic rings. The van der Waals surface area contributed by atoms with Gasteiger partial charge >= 0.3 is 0 Å². The second kappa shape index (κ2) is 6.56. The fourth-order valence-corrected chi connectivity index (χ4v) is 5.28. The number of amides is 1. The minimum Gasteiger partial charge on any atom is -0.350 e. The van der Waals surface area contributed by atoms with Crippen molar-refractivity contribution in [2.45, 2.75) is 12.2 Å². The van der Waals surface area contributed by atoms with Crippen LogP contribution >= 0.6 is 0 Å². The van der Waals surface area contributed by atoms with Crippen LogP contribution in [0.2, 0.25) is 0 Å². The van der Waals surface area contributed by atoms with E-state index in [1.54, 1.807) is 0 Å². The van der Waals surface area contributed by atoms with Crippen molar-refractivity contribution in [1.29, 1.82) is 0 Å². The molecule has 0 saturated carbocycles. The zero-order valence-corrected chi connectivity index (χ0v) is 17.8. The number of nitrogens with one attached hydrogen (secondary N) is 1. The molecule has 1 atom stereocenters. The molecule has 7 rings (SSSR count). The second-order valence-electron chi connectivity index (χ2n) is 8.53. The average Bonchev–Trinajstić information content (AvgIpc) is 3.36. The largest absolute Gasteiger partial charge is 0.350 e. The molecule has 0 radical (unpaired) electrons. The summed E-state index contributed by atoms with van der Waals surface area (Å²) in [6, 6.07) is 34.3. The van der Waals surface area contributed by atoms with Gasteiger partial charge in [-0.15, -0.1) is 0 Å². The lowest BCUT2D eigenvalue weighted by molar-refractivity contribution is -0.123. The van der Waals surface area contributed by atoms with Gasteiger partial charge in [0.1, 0.15) is 5.82 Å². The number of carbonyl (C=O) groups excluding carboxylic acids is 1. The maximum atomic E-state index is 14.5. The lowest BCUT2D eigenvalue weighted by Gasteiger charge is -2.38. The first-order valence-corrected chi connectivity index (χ1v) is 11.1. The lowest BCUT2D eigenvalue weighted by atomic mass is 9.95. The van der Waals surface area contributed by atoms with E-state index in [4.69, 9.17) is 4.98 Å². The molecule has 2 aliphatic heterocycles. The number of para-hydroxylation sites is 4. The maximum absolute atomic E-state index is 14.5. The van der Waals surface area contributed by atoms with Crippen LogP contribution in [0, 0.1) is 0 Å². The highest BCUT2D eigenvalue weighted by atomic mass is 16.2. The zero-order valence-electron chi connectivity index (χ0n) is 17.8.